The normalized spacial score (nSPS) is 25.9. The summed E-state index contributed by atoms with van der Waals surface area (Å²) in [7, 11) is 0. The van der Waals surface area contributed by atoms with Crippen LogP contribution in [0.25, 0.3) is 0 Å². The number of alkyl halides is 3. The minimum Gasteiger partial charge on any atom is -0.375 e. The Balaban J connectivity index is 2.08. The molecule has 17 heavy (non-hydrogen) atoms. The van der Waals surface area contributed by atoms with Gasteiger partial charge in [0.15, 0.2) is 0 Å². The summed E-state index contributed by atoms with van der Waals surface area (Å²) in [5, 5.41) is 3.17. The van der Waals surface area contributed by atoms with Gasteiger partial charge in [-0.15, -0.1) is 0 Å². The smallest absolute Gasteiger partial charge is 0.375 e. The van der Waals surface area contributed by atoms with Gasteiger partial charge in [0.2, 0.25) is 0 Å². The van der Waals surface area contributed by atoms with Crippen LogP contribution in [-0.2, 0) is 10.9 Å². The predicted octanol–water partition coefficient (Wildman–Crippen LogP) is 2.15. The summed E-state index contributed by atoms with van der Waals surface area (Å²) in [5.74, 6) is 0. The predicted molar refractivity (Wildman–Crippen MR) is 55.4 cm³/mol. The summed E-state index contributed by atoms with van der Waals surface area (Å²) in [6, 6.07) is 2.30. The SMILES string of the molecule is C[C@H]1CN[C@@H](c2ccc(C(F)(F)F)cn2)CO1. The van der Waals surface area contributed by atoms with Crippen LogP contribution in [-0.4, -0.2) is 24.2 Å². The second-order valence-electron chi connectivity index (χ2n) is 4.07. The van der Waals surface area contributed by atoms with Gasteiger partial charge >= 0.3 is 6.18 Å². The zero-order valence-electron chi connectivity index (χ0n) is 9.29. The summed E-state index contributed by atoms with van der Waals surface area (Å²) < 4.78 is 42.4. The Morgan fingerprint density at radius 1 is 1.41 bits per heavy atom. The molecule has 94 valence electrons. The Hall–Kier alpha value is -1.14. The van der Waals surface area contributed by atoms with E-state index in [9.17, 15) is 13.2 Å². The minimum atomic E-state index is -4.34. The molecular weight excluding hydrogens is 233 g/mol. The van der Waals surface area contributed by atoms with Crippen LogP contribution in [0.15, 0.2) is 18.3 Å². The summed E-state index contributed by atoms with van der Waals surface area (Å²) in [4.78, 5) is 3.83. The largest absolute Gasteiger partial charge is 0.417 e. The molecule has 0 saturated carbocycles. The van der Waals surface area contributed by atoms with Crippen molar-refractivity contribution in [3.05, 3.63) is 29.6 Å². The number of ether oxygens (including phenoxy) is 1. The number of aromatic nitrogens is 1. The van der Waals surface area contributed by atoms with Crippen LogP contribution in [0.2, 0.25) is 0 Å². The van der Waals surface area contributed by atoms with Gasteiger partial charge in [0.25, 0.3) is 0 Å². The number of nitrogens with zero attached hydrogens (tertiary/aromatic N) is 1. The number of hydrogen-bond acceptors (Lipinski definition) is 3. The fourth-order valence-corrected chi connectivity index (χ4v) is 1.66. The maximum Gasteiger partial charge on any atom is 0.417 e. The highest BCUT2D eigenvalue weighted by atomic mass is 19.4. The van der Waals surface area contributed by atoms with Gasteiger partial charge in [-0.25, -0.2) is 0 Å². The third-order valence-electron chi connectivity index (χ3n) is 2.67. The Bertz CT molecular complexity index is 369. The van der Waals surface area contributed by atoms with Crippen LogP contribution in [0.5, 0.6) is 0 Å². The highest BCUT2D eigenvalue weighted by Gasteiger charge is 2.31. The van der Waals surface area contributed by atoms with Crippen LogP contribution in [0, 0.1) is 0 Å². The highest BCUT2D eigenvalue weighted by molar-refractivity contribution is 5.19. The van der Waals surface area contributed by atoms with Crippen LogP contribution in [0.4, 0.5) is 13.2 Å². The molecular formula is C11H13F3N2O. The van der Waals surface area contributed by atoms with Crippen molar-refractivity contribution in [1.82, 2.24) is 10.3 Å². The summed E-state index contributed by atoms with van der Waals surface area (Å²) >= 11 is 0. The molecule has 1 aliphatic rings. The van der Waals surface area contributed by atoms with E-state index in [1.165, 1.54) is 6.07 Å². The van der Waals surface area contributed by atoms with E-state index >= 15 is 0 Å². The van der Waals surface area contributed by atoms with Crippen LogP contribution >= 0.6 is 0 Å². The number of halogens is 3. The average Bonchev–Trinajstić information content (AvgIpc) is 2.29. The van der Waals surface area contributed by atoms with Crippen molar-refractivity contribution in [2.24, 2.45) is 0 Å². The lowest BCUT2D eigenvalue weighted by Gasteiger charge is -2.28. The molecule has 1 fully saturated rings. The lowest BCUT2D eigenvalue weighted by Crippen LogP contribution is -2.40. The first-order valence-electron chi connectivity index (χ1n) is 5.35. The summed E-state index contributed by atoms with van der Waals surface area (Å²) in [6.45, 7) is 3.04. The fraction of sp³-hybridized carbons (Fsp3) is 0.545. The second kappa shape index (κ2) is 4.62. The van der Waals surface area contributed by atoms with Crippen molar-refractivity contribution in [1.29, 1.82) is 0 Å². The standard InChI is InChI=1S/C11H13F3N2O/c1-7-4-15-10(6-17-7)9-3-2-8(5-16-9)11(12,13)14/h2-3,5,7,10,15H,4,6H2,1H3/t7-,10+/m0/s1. The van der Waals surface area contributed by atoms with E-state index in [4.69, 9.17) is 4.74 Å². The number of pyridine rings is 1. The first-order chi connectivity index (χ1) is 7.97. The van der Waals surface area contributed by atoms with Gasteiger partial charge in [0.05, 0.1) is 30.0 Å². The van der Waals surface area contributed by atoms with Gasteiger partial charge in [0, 0.05) is 12.7 Å². The molecule has 0 amide bonds. The Morgan fingerprint density at radius 2 is 2.18 bits per heavy atom. The zero-order valence-corrected chi connectivity index (χ0v) is 9.29. The molecule has 0 aromatic carbocycles. The molecule has 1 N–H and O–H groups in total. The maximum absolute atomic E-state index is 12.3. The molecule has 2 atom stereocenters. The molecule has 0 aliphatic carbocycles. The third-order valence-corrected chi connectivity index (χ3v) is 2.67. The van der Waals surface area contributed by atoms with E-state index in [0.717, 1.165) is 12.3 Å². The van der Waals surface area contributed by atoms with Gasteiger partial charge in [-0.3, -0.25) is 4.98 Å². The quantitative estimate of drug-likeness (QED) is 0.824. The van der Waals surface area contributed by atoms with Gasteiger partial charge in [0.1, 0.15) is 0 Å². The van der Waals surface area contributed by atoms with E-state index in [1.54, 1.807) is 0 Å². The van der Waals surface area contributed by atoms with Crippen molar-refractivity contribution in [2.75, 3.05) is 13.2 Å². The Kier molecular flexibility index (Phi) is 3.35. The third kappa shape index (κ3) is 2.95. The molecule has 1 saturated heterocycles. The first kappa shape index (κ1) is 12.3. The van der Waals surface area contributed by atoms with Gasteiger partial charge in [-0.2, -0.15) is 13.2 Å². The highest BCUT2D eigenvalue weighted by Crippen LogP contribution is 2.29. The van der Waals surface area contributed by atoms with Crippen molar-refractivity contribution >= 4 is 0 Å². The Labute approximate surface area is 97.0 Å². The molecule has 1 aromatic heterocycles. The second-order valence-corrected chi connectivity index (χ2v) is 4.07. The first-order valence-corrected chi connectivity index (χ1v) is 5.35. The molecule has 1 aliphatic heterocycles. The monoisotopic (exact) mass is 246 g/mol. The number of morpholine rings is 1. The van der Waals surface area contributed by atoms with E-state index in [1.807, 2.05) is 6.92 Å². The van der Waals surface area contributed by atoms with Crippen molar-refractivity contribution < 1.29 is 17.9 Å². The molecule has 0 unspecified atom stereocenters. The molecule has 6 heteroatoms. The Morgan fingerprint density at radius 3 is 2.65 bits per heavy atom. The van der Waals surface area contributed by atoms with Crippen LogP contribution in [0.1, 0.15) is 24.2 Å². The number of rotatable bonds is 1. The van der Waals surface area contributed by atoms with Crippen LogP contribution < -0.4 is 5.32 Å². The van der Waals surface area contributed by atoms with Crippen molar-refractivity contribution in [3.8, 4) is 0 Å². The lowest BCUT2D eigenvalue weighted by atomic mass is 10.1. The topological polar surface area (TPSA) is 34.2 Å². The summed E-state index contributed by atoms with van der Waals surface area (Å²) in [5.41, 5.74) is -0.156. The van der Waals surface area contributed by atoms with E-state index in [0.29, 0.717) is 18.8 Å². The van der Waals surface area contributed by atoms with Gasteiger partial charge < -0.3 is 10.1 Å². The minimum absolute atomic E-state index is 0.126. The van der Waals surface area contributed by atoms with E-state index in [2.05, 4.69) is 10.3 Å². The van der Waals surface area contributed by atoms with Gasteiger partial charge in [-0.1, -0.05) is 0 Å². The summed E-state index contributed by atoms with van der Waals surface area (Å²) in [6.07, 6.45) is -3.35. The lowest BCUT2D eigenvalue weighted by molar-refractivity contribution is -0.137. The molecule has 1 aromatic rings. The molecule has 2 rings (SSSR count). The molecule has 2 heterocycles. The number of hydrogen-bond donors (Lipinski definition) is 1. The molecule has 0 bridgehead atoms. The van der Waals surface area contributed by atoms with Crippen LogP contribution in [0.3, 0.4) is 0 Å². The molecule has 3 nitrogen and oxygen atoms in total. The van der Waals surface area contributed by atoms with Crippen molar-refractivity contribution in [3.63, 3.8) is 0 Å². The zero-order chi connectivity index (χ0) is 12.5. The van der Waals surface area contributed by atoms with E-state index in [-0.39, 0.29) is 12.1 Å². The number of nitrogens with one attached hydrogen (secondary N) is 1. The van der Waals surface area contributed by atoms with E-state index < -0.39 is 11.7 Å². The maximum atomic E-state index is 12.3. The molecule has 0 spiro atoms. The van der Waals surface area contributed by atoms with Gasteiger partial charge in [-0.05, 0) is 19.1 Å². The fourth-order valence-electron chi connectivity index (χ4n) is 1.66. The molecule has 0 radical (unpaired) electrons. The average molecular weight is 246 g/mol. The van der Waals surface area contributed by atoms with Crippen molar-refractivity contribution in [2.45, 2.75) is 25.2 Å².